The molecule has 0 amide bonds. The van der Waals surface area contributed by atoms with Gasteiger partial charge in [-0.15, -0.1) is 0 Å². The van der Waals surface area contributed by atoms with Gasteiger partial charge in [0.15, 0.2) is 0 Å². The lowest BCUT2D eigenvalue weighted by molar-refractivity contribution is 0.706. The number of hydrogen-bond donors (Lipinski definition) is 2. The van der Waals surface area contributed by atoms with Crippen LogP contribution in [0.2, 0.25) is 0 Å². The monoisotopic (exact) mass is 180 g/mol. The molecule has 0 aromatic rings. The Kier molecular flexibility index (Phi) is 7.17. The fourth-order valence-corrected chi connectivity index (χ4v) is 1.28. The molecule has 1 rings (SSSR count). The molecule has 0 fully saturated rings. The van der Waals surface area contributed by atoms with Crippen LogP contribution < -0.4 is 0 Å². The zero-order valence-corrected chi connectivity index (χ0v) is 8.69. The Bertz CT molecular complexity index is 172. The van der Waals surface area contributed by atoms with E-state index in [0.717, 1.165) is 24.0 Å². The Morgan fingerprint density at radius 1 is 1.00 bits per heavy atom. The van der Waals surface area contributed by atoms with Gasteiger partial charge in [-0.3, -0.25) is 0 Å². The second kappa shape index (κ2) is 7.71. The number of nitrogens with one attached hydrogen (secondary N) is 2. The molecule has 0 unspecified atom stereocenters. The van der Waals surface area contributed by atoms with Gasteiger partial charge in [-0.25, -0.2) is 0 Å². The third-order valence-electron chi connectivity index (χ3n) is 1.90. The first kappa shape index (κ1) is 12.1. The molecule has 0 atom stereocenters. The standard InChI is InChI=1S/C8H12N2.C3H8/c9-5-7-3-1-2-4-8(7)6-10;1-3-2/h5-6,9-10H,1-4H2;3H2,1-2H3. The summed E-state index contributed by atoms with van der Waals surface area (Å²) in [7, 11) is 0. The van der Waals surface area contributed by atoms with Crippen molar-refractivity contribution in [3.8, 4) is 0 Å². The highest BCUT2D eigenvalue weighted by molar-refractivity contribution is 5.89. The van der Waals surface area contributed by atoms with Gasteiger partial charge in [0.05, 0.1) is 0 Å². The molecule has 1 aliphatic carbocycles. The maximum absolute atomic E-state index is 7.04. The van der Waals surface area contributed by atoms with Gasteiger partial charge in [-0.2, -0.15) is 0 Å². The maximum atomic E-state index is 7.04. The summed E-state index contributed by atoms with van der Waals surface area (Å²) in [5.41, 5.74) is 2.11. The van der Waals surface area contributed by atoms with Crippen molar-refractivity contribution in [1.29, 1.82) is 10.8 Å². The topological polar surface area (TPSA) is 47.7 Å². The van der Waals surface area contributed by atoms with Crippen LogP contribution in [0.5, 0.6) is 0 Å². The molecule has 0 saturated heterocycles. The fourth-order valence-electron chi connectivity index (χ4n) is 1.28. The van der Waals surface area contributed by atoms with Crippen LogP contribution in [0.15, 0.2) is 11.1 Å². The second-order valence-corrected chi connectivity index (χ2v) is 3.25. The van der Waals surface area contributed by atoms with E-state index in [0.29, 0.717) is 0 Å². The van der Waals surface area contributed by atoms with Gasteiger partial charge in [-0.05, 0) is 36.8 Å². The van der Waals surface area contributed by atoms with Crippen molar-refractivity contribution in [2.45, 2.75) is 46.0 Å². The number of allylic oxidation sites excluding steroid dienone is 2. The van der Waals surface area contributed by atoms with E-state index in [-0.39, 0.29) is 0 Å². The Morgan fingerprint density at radius 2 is 1.31 bits per heavy atom. The smallest absolute Gasteiger partial charge is 0.0213 e. The van der Waals surface area contributed by atoms with E-state index in [2.05, 4.69) is 13.8 Å². The molecule has 0 radical (unpaired) electrons. The van der Waals surface area contributed by atoms with E-state index in [4.69, 9.17) is 10.8 Å². The first-order valence-corrected chi connectivity index (χ1v) is 5.03. The molecule has 2 N–H and O–H groups in total. The minimum absolute atomic E-state index is 0.994. The van der Waals surface area contributed by atoms with E-state index in [1.807, 2.05) is 0 Å². The largest absolute Gasteiger partial charge is 0.308 e. The van der Waals surface area contributed by atoms with Gasteiger partial charge in [0, 0.05) is 12.4 Å². The van der Waals surface area contributed by atoms with Crippen LogP contribution in [0.1, 0.15) is 46.0 Å². The molecular weight excluding hydrogens is 160 g/mol. The van der Waals surface area contributed by atoms with Crippen molar-refractivity contribution in [3.05, 3.63) is 11.1 Å². The van der Waals surface area contributed by atoms with Crippen molar-refractivity contribution in [1.82, 2.24) is 0 Å². The summed E-state index contributed by atoms with van der Waals surface area (Å²) in [5.74, 6) is 0. The molecule has 1 aliphatic rings. The predicted molar refractivity (Wildman–Crippen MR) is 59.0 cm³/mol. The summed E-state index contributed by atoms with van der Waals surface area (Å²) in [6.07, 6.45) is 8.38. The first-order valence-electron chi connectivity index (χ1n) is 5.03. The van der Waals surface area contributed by atoms with E-state index in [1.165, 1.54) is 31.7 Å². The van der Waals surface area contributed by atoms with Crippen LogP contribution in [0, 0.1) is 10.8 Å². The average molecular weight is 180 g/mol. The summed E-state index contributed by atoms with van der Waals surface area (Å²) in [4.78, 5) is 0. The van der Waals surface area contributed by atoms with Crippen molar-refractivity contribution < 1.29 is 0 Å². The molecule has 0 heterocycles. The predicted octanol–water partition coefficient (Wildman–Crippen LogP) is 3.57. The molecule has 2 heteroatoms. The zero-order chi connectivity index (χ0) is 10.1. The quantitative estimate of drug-likeness (QED) is 0.610. The molecule has 0 bridgehead atoms. The van der Waals surface area contributed by atoms with E-state index in [1.54, 1.807) is 0 Å². The molecule has 0 spiro atoms. The SMILES string of the molecule is CCC.N=CC1=C(C=N)CCCC1. The lowest BCUT2D eigenvalue weighted by Gasteiger charge is -2.12. The van der Waals surface area contributed by atoms with E-state index < -0.39 is 0 Å². The highest BCUT2D eigenvalue weighted by atomic mass is 14.4. The minimum Gasteiger partial charge on any atom is -0.308 e. The molecule has 74 valence electrons. The Morgan fingerprint density at radius 3 is 1.54 bits per heavy atom. The van der Waals surface area contributed by atoms with Crippen molar-refractivity contribution in [2.24, 2.45) is 0 Å². The van der Waals surface area contributed by atoms with Crippen molar-refractivity contribution in [3.63, 3.8) is 0 Å². The van der Waals surface area contributed by atoms with Gasteiger partial charge in [-0.1, -0.05) is 20.3 Å². The molecule has 2 nitrogen and oxygen atoms in total. The molecular formula is C11H20N2. The van der Waals surface area contributed by atoms with Crippen LogP contribution >= 0.6 is 0 Å². The van der Waals surface area contributed by atoms with Crippen LogP contribution in [0.3, 0.4) is 0 Å². The van der Waals surface area contributed by atoms with Gasteiger partial charge in [0.1, 0.15) is 0 Å². The van der Waals surface area contributed by atoms with Crippen molar-refractivity contribution in [2.75, 3.05) is 0 Å². The lowest BCUT2D eigenvalue weighted by Crippen LogP contribution is -2.00. The van der Waals surface area contributed by atoms with Gasteiger partial charge in [0.25, 0.3) is 0 Å². The summed E-state index contributed by atoms with van der Waals surface area (Å²) in [6, 6.07) is 0. The van der Waals surface area contributed by atoms with Crippen LogP contribution in [-0.2, 0) is 0 Å². The zero-order valence-electron chi connectivity index (χ0n) is 8.69. The highest BCUT2D eigenvalue weighted by Crippen LogP contribution is 2.21. The second-order valence-electron chi connectivity index (χ2n) is 3.25. The Hall–Kier alpha value is -0.920. The number of rotatable bonds is 2. The van der Waals surface area contributed by atoms with Gasteiger partial charge < -0.3 is 10.8 Å². The lowest BCUT2D eigenvalue weighted by atomic mass is 9.93. The highest BCUT2D eigenvalue weighted by Gasteiger charge is 2.07. The normalized spacial score (nSPS) is 15.8. The molecule has 0 aliphatic heterocycles. The average Bonchev–Trinajstić information content (AvgIpc) is 2.19. The summed E-state index contributed by atoms with van der Waals surface area (Å²) < 4.78 is 0. The van der Waals surface area contributed by atoms with Crippen LogP contribution in [0.25, 0.3) is 0 Å². The first-order chi connectivity index (χ1) is 6.29. The van der Waals surface area contributed by atoms with Crippen LogP contribution in [-0.4, -0.2) is 12.4 Å². The Balaban J connectivity index is 0.000000424. The summed E-state index contributed by atoms with van der Waals surface area (Å²) >= 11 is 0. The summed E-state index contributed by atoms with van der Waals surface area (Å²) in [6.45, 7) is 4.25. The van der Waals surface area contributed by atoms with E-state index in [9.17, 15) is 0 Å². The summed E-state index contributed by atoms with van der Waals surface area (Å²) in [5, 5.41) is 14.1. The van der Waals surface area contributed by atoms with Crippen LogP contribution in [0.4, 0.5) is 0 Å². The molecule has 0 saturated carbocycles. The van der Waals surface area contributed by atoms with E-state index >= 15 is 0 Å². The third-order valence-corrected chi connectivity index (χ3v) is 1.90. The molecule has 13 heavy (non-hydrogen) atoms. The maximum Gasteiger partial charge on any atom is 0.0213 e. The fraction of sp³-hybridized carbons (Fsp3) is 0.636. The number of hydrogen-bond acceptors (Lipinski definition) is 2. The minimum atomic E-state index is 0.994. The Labute approximate surface area is 81.1 Å². The molecule has 0 aromatic carbocycles. The van der Waals surface area contributed by atoms with Gasteiger partial charge >= 0.3 is 0 Å². The third kappa shape index (κ3) is 4.61. The molecule has 0 aromatic heterocycles. The van der Waals surface area contributed by atoms with Crippen molar-refractivity contribution >= 4 is 12.4 Å². The van der Waals surface area contributed by atoms with Gasteiger partial charge in [0.2, 0.25) is 0 Å².